The maximum Gasteiger partial charge on any atom is 0.243 e. The second kappa shape index (κ2) is 8.87. The molecule has 10 heteroatoms. The highest BCUT2D eigenvalue weighted by atomic mass is 32.2. The molecule has 1 aromatic heterocycles. The summed E-state index contributed by atoms with van der Waals surface area (Å²) in [7, 11) is -3.61. The summed E-state index contributed by atoms with van der Waals surface area (Å²) in [5.74, 6) is 0.534. The van der Waals surface area contributed by atoms with Crippen LogP contribution in [0.15, 0.2) is 47.0 Å². The van der Waals surface area contributed by atoms with E-state index in [9.17, 15) is 8.42 Å². The zero-order valence-electron chi connectivity index (χ0n) is 15.5. The summed E-state index contributed by atoms with van der Waals surface area (Å²) in [6.07, 6.45) is 1.71. The number of thioether (sulfide) groups is 1. The predicted molar refractivity (Wildman–Crippen MR) is 106 cm³/mol. The number of rotatable bonds is 7. The van der Waals surface area contributed by atoms with Crippen molar-refractivity contribution in [3.8, 4) is 17.5 Å². The number of sulfonamides is 1. The first-order chi connectivity index (χ1) is 13.5. The van der Waals surface area contributed by atoms with Gasteiger partial charge in [0.1, 0.15) is 0 Å². The molecule has 148 valence electrons. The average Bonchev–Trinajstić information content (AvgIpc) is 3.11. The fourth-order valence-corrected chi connectivity index (χ4v) is 5.00. The summed E-state index contributed by atoms with van der Waals surface area (Å²) < 4.78 is 34.4. The topological polar surface area (TPSA) is 101 Å². The lowest BCUT2D eigenvalue weighted by Gasteiger charge is -2.26. The molecule has 3 rings (SSSR count). The highest BCUT2D eigenvalue weighted by Gasteiger charge is 2.27. The van der Waals surface area contributed by atoms with Gasteiger partial charge in [0.25, 0.3) is 0 Å². The summed E-state index contributed by atoms with van der Waals surface area (Å²) in [5, 5.41) is 17.8. The molecule has 8 nitrogen and oxygen atoms in total. The Bertz CT molecular complexity index is 991. The van der Waals surface area contributed by atoms with E-state index in [-0.39, 0.29) is 10.1 Å². The third-order valence-electron chi connectivity index (χ3n) is 4.19. The van der Waals surface area contributed by atoms with Crippen LogP contribution in [-0.4, -0.2) is 59.0 Å². The van der Waals surface area contributed by atoms with Crippen molar-refractivity contribution in [3.63, 3.8) is 0 Å². The standard InChI is InChI=1S/C18H21N5O3S2/c1-3-7-23-17(20-21-18(23)27-14(2)13-19)15-5-4-6-16(12-15)28(24,25)22-8-10-26-11-9-22/h3-6,12,14H,1,7-11H2,2H3/t14-/m0/s1. The van der Waals surface area contributed by atoms with Crippen molar-refractivity contribution in [3.05, 3.63) is 36.9 Å². The normalized spacial score (nSPS) is 16.4. The van der Waals surface area contributed by atoms with Crippen LogP contribution in [-0.2, 0) is 21.3 Å². The Morgan fingerprint density at radius 2 is 2.14 bits per heavy atom. The minimum absolute atomic E-state index is 0.208. The number of allylic oxidation sites excluding steroid dienone is 1. The van der Waals surface area contributed by atoms with E-state index in [0.717, 1.165) is 0 Å². The number of aromatic nitrogens is 3. The molecule has 28 heavy (non-hydrogen) atoms. The summed E-state index contributed by atoms with van der Waals surface area (Å²) >= 11 is 1.30. The van der Waals surface area contributed by atoms with E-state index in [2.05, 4.69) is 22.8 Å². The molecule has 0 aliphatic carbocycles. The van der Waals surface area contributed by atoms with Crippen LogP contribution in [0.5, 0.6) is 0 Å². The molecule has 0 unspecified atom stereocenters. The monoisotopic (exact) mass is 419 g/mol. The third kappa shape index (κ3) is 4.28. The number of hydrogen-bond donors (Lipinski definition) is 0. The lowest BCUT2D eigenvalue weighted by molar-refractivity contribution is 0.0730. The van der Waals surface area contributed by atoms with Gasteiger partial charge in [0.05, 0.1) is 29.4 Å². The summed E-state index contributed by atoms with van der Waals surface area (Å²) in [5.41, 5.74) is 0.639. The Morgan fingerprint density at radius 3 is 2.82 bits per heavy atom. The van der Waals surface area contributed by atoms with E-state index in [4.69, 9.17) is 10.00 Å². The van der Waals surface area contributed by atoms with Gasteiger partial charge >= 0.3 is 0 Å². The molecule has 1 aliphatic rings. The molecule has 0 spiro atoms. The third-order valence-corrected chi connectivity index (χ3v) is 7.06. The van der Waals surface area contributed by atoms with Gasteiger partial charge in [-0.3, -0.25) is 4.57 Å². The number of nitriles is 1. The molecule has 2 aromatic rings. The fourth-order valence-electron chi connectivity index (χ4n) is 2.80. The minimum atomic E-state index is -3.61. The number of hydrogen-bond acceptors (Lipinski definition) is 7. The average molecular weight is 420 g/mol. The molecule has 1 atom stereocenters. The van der Waals surface area contributed by atoms with Gasteiger partial charge in [-0.2, -0.15) is 9.57 Å². The van der Waals surface area contributed by atoms with Gasteiger partial charge in [-0.15, -0.1) is 16.8 Å². The number of ether oxygens (including phenoxy) is 1. The van der Waals surface area contributed by atoms with Crippen LogP contribution in [0.4, 0.5) is 0 Å². The highest BCUT2D eigenvalue weighted by Crippen LogP contribution is 2.28. The molecular weight excluding hydrogens is 398 g/mol. The lowest BCUT2D eigenvalue weighted by atomic mass is 10.2. The van der Waals surface area contributed by atoms with Gasteiger partial charge in [-0.1, -0.05) is 30.0 Å². The van der Waals surface area contributed by atoms with Crippen molar-refractivity contribution in [1.82, 2.24) is 19.1 Å². The van der Waals surface area contributed by atoms with E-state index in [0.29, 0.717) is 49.4 Å². The molecule has 0 saturated carbocycles. The predicted octanol–water partition coefficient (Wildman–Crippen LogP) is 2.16. The van der Waals surface area contributed by atoms with Crippen LogP contribution in [0.25, 0.3) is 11.4 Å². The number of nitrogens with zero attached hydrogens (tertiary/aromatic N) is 5. The zero-order chi connectivity index (χ0) is 20.1. The lowest BCUT2D eigenvalue weighted by Crippen LogP contribution is -2.40. The number of benzene rings is 1. The summed E-state index contributed by atoms with van der Waals surface area (Å²) in [6.45, 7) is 7.46. The van der Waals surface area contributed by atoms with E-state index < -0.39 is 10.0 Å². The Labute approximate surface area is 168 Å². The maximum absolute atomic E-state index is 12.9. The van der Waals surface area contributed by atoms with Crippen LogP contribution in [0, 0.1) is 11.3 Å². The summed E-state index contributed by atoms with van der Waals surface area (Å²) in [6, 6.07) is 8.84. The molecule has 0 N–H and O–H groups in total. The molecule has 0 amide bonds. The first kappa shape index (κ1) is 20.5. The van der Waals surface area contributed by atoms with Crippen LogP contribution in [0.3, 0.4) is 0 Å². The van der Waals surface area contributed by atoms with Crippen LogP contribution in [0.1, 0.15) is 6.92 Å². The molecule has 1 fully saturated rings. The first-order valence-electron chi connectivity index (χ1n) is 8.76. The van der Waals surface area contributed by atoms with Gasteiger partial charge in [-0.25, -0.2) is 8.42 Å². The van der Waals surface area contributed by atoms with Crippen LogP contribution >= 0.6 is 11.8 Å². The van der Waals surface area contributed by atoms with Crippen molar-refractivity contribution < 1.29 is 13.2 Å². The Kier molecular flexibility index (Phi) is 6.51. The molecule has 2 heterocycles. The second-order valence-electron chi connectivity index (χ2n) is 6.14. The highest BCUT2D eigenvalue weighted by molar-refractivity contribution is 8.00. The van der Waals surface area contributed by atoms with Gasteiger partial charge in [0.2, 0.25) is 10.0 Å². The largest absolute Gasteiger partial charge is 0.379 e. The van der Waals surface area contributed by atoms with Crippen molar-refractivity contribution >= 4 is 21.8 Å². The van der Waals surface area contributed by atoms with Crippen molar-refractivity contribution in [2.24, 2.45) is 0 Å². The second-order valence-corrected chi connectivity index (χ2v) is 9.38. The van der Waals surface area contributed by atoms with E-state index in [1.165, 1.54) is 16.1 Å². The van der Waals surface area contributed by atoms with Crippen molar-refractivity contribution in [1.29, 1.82) is 5.26 Å². The molecule has 0 radical (unpaired) electrons. The molecule has 1 aliphatic heterocycles. The van der Waals surface area contributed by atoms with E-state index in [1.54, 1.807) is 37.3 Å². The van der Waals surface area contributed by atoms with Gasteiger partial charge in [0, 0.05) is 25.2 Å². The Morgan fingerprint density at radius 1 is 1.39 bits per heavy atom. The Balaban J connectivity index is 1.98. The zero-order valence-corrected chi connectivity index (χ0v) is 17.1. The molecule has 0 bridgehead atoms. The SMILES string of the molecule is C=CCn1c(S[C@@H](C)C#N)nnc1-c1cccc(S(=O)(=O)N2CCOCC2)c1. The molecular formula is C18H21N5O3S2. The fraction of sp³-hybridized carbons (Fsp3) is 0.389. The Hall–Kier alpha value is -2.19. The molecule has 1 aromatic carbocycles. The van der Waals surface area contributed by atoms with E-state index >= 15 is 0 Å². The minimum Gasteiger partial charge on any atom is -0.379 e. The van der Waals surface area contributed by atoms with Gasteiger partial charge in [-0.05, 0) is 19.1 Å². The van der Waals surface area contributed by atoms with Gasteiger partial charge in [0.15, 0.2) is 11.0 Å². The van der Waals surface area contributed by atoms with Gasteiger partial charge < -0.3 is 4.74 Å². The quantitative estimate of drug-likeness (QED) is 0.501. The van der Waals surface area contributed by atoms with Crippen molar-refractivity contribution in [2.45, 2.75) is 28.8 Å². The number of morpholine rings is 1. The van der Waals surface area contributed by atoms with Crippen LogP contribution < -0.4 is 0 Å². The maximum atomic E-state index is 12.9. The first-order valence-corrected chi connectivity index (χ1v) is 11.1. The van der Waals surface area contributed by atoms with Crippen molar-refractivity contribution in [2.75, 3.05) is 26.3 Å². The van der Waals surface area contributed by atoms with E-state index in [1.807, 2.05) is 4.57 Å². The summed E-state index contributed by atoms with van der Waals surface area (Å²) in [4.78, 5) is 0.208. The smallest absolute Gasteiger partial charge is 0.243 e. The van der Waals surface area contributed by atoms with Crippen LogP contribution in [0.2, 0.25) is 0 Å². The molecule has 1 saturated heterocycles.